The van der Waals surface area contributed by atoms with Gasteiger partial charge in [0, 0.05) is 19.8 Å². The Labute approximate surface area is 106 Å². The molecule has 0 aliphatic carbocycles. The molecule has 0 saturated heterocycles. The molecule has 0 aliphatic rings. The standard InChI is InChI=1S/C10H14FNO4S2/c1-4-12(2)18(15,16)10-7-8(17(3,13)14)5-6-9(10)11/h5-7H,4H2,1-3H3. The molecule has 1 aromatic rings. The van der Waals surface area contributed by atoms with E-state index < -0.39 is 30.6 Å². The van der Waals surface area contributed by atoms with E-state index in [0.29, 0.717) is 0 Å². The predicted octanol–water partition coefficient (Wildman–Crippen LogP) is 0.870. The smallest absolute Gasteiger partial charge is 0.224 e. The van der Waals surface area contributed by atoms with Gasteiger partial charge in [-0.25, -0.2) is 25.5 Å². The lowest BCUT2D eigenvalue weighted by Crippen LogP contribution is -2.27. The first kappa shape index (κ1) is 15.1. The minimum Gasteiger partial charge on any atom is -0.224 e. The van der Waals surface area contributed by atoms with Gasteiger partial charge in [0.25, 0.3) is 0 Å². The van der Waals surface area contributed by atoms with Crippen molar-refractivity contribution in [3.63, 3.8) is 0 Å². The molecule has 0 unspecified atom stereocenters. The SMILES string of the molecule is CCN(C)S(=O)(=O)c1cc(S(C)(=O)=O)ccc1F. The third-order valence-electron chi connectivity index (χ3n) is 2.46. The van der Waals surface area contributed by atoms with Crippen molar-refractivity contribution in [1.29, 1.82) is 0 Å². The van der Waals surface area contributed by atoms with Gasteiger partial charge in [-0.15, -0.1) is 0 Å². The van der Waals surface area contributed by atoms with Crippen LogP contribution in [0.3, 0.4) is 0 Å². The first-order chi connectivity index (χ1) is 8.10. The average Bonchev–Trinajstić information content (AvgIpc) is 2.26. The number of nitrogens with zero attached hydrogens (tertiary/aromatic N) is 1. The molecule has 102 valence electrons. The highest BCUT2D eigenvalue weighted by atomic mass is 32.2. The fraction of sp³-hybridized carbons (Fsp3) is 0.400. The van der Waals surface area contributed by atoms with E-state index in [0.717, 1.165) is 28.8 Å². The largest absolute Gasteiger partial charge is 0.245 e. The van der Waals surface area contributed by atoms with Crippen LogP contribution in [-0.2, 0) is 19.9 Å². The van der Waals surface area contributed by atoms with E-state index in [4.69, 9.17) is 0 Å². The molecule has 1 rings (SSSR count). The second-order valence-corrected chi connectivity index (χ2v) is 7.81. The molecule has 8 heteroatoms. The fourth-order valence-corrected chi connectivity index (χ4v) is 3.24. The zero-order chi connectivity index (χ0) is 14.1. The normalized spacial score (nSPS) is 12.9. The topological polar surface area (TPSA) is 71.5 Å². The Morgan fingerprint density at radius 3 is 2.22 bits per heavy atom. The van der Waals surface area contributed by atoms with Gasteiger partial charge in [-0.05, 0) is 18.2 Å². The number of halogens is 1. The first-order valence-corrected chi connectivity index (χ1v) is 8.39. The number of rotatable bonds is 4. The second-order valence-electron chi connectivity index (χ2n) is 3.78. The van der Waals surface area contributed by atoms with Crippen LogP contribution in [0.2, 0.25) is 0 Å². The fourth-order valence-electron chi connectivity index (χ4n) is 1.25. The Kier molecular flexibility index (Phi) is 4.14. The van der Waals surface area contributed by atoms with Gasteiger partial charge >= 0.3 is 0 Å². The van der Waals surface area contributed by atoms with Crippen molar-refractivity contribution in [2.24, 2.45) is 0 Å². The molecule has 0 heterocycles. The van der Waals surface area contributed by atoms with Crippen LogP contribution >= 0.6 is 0 Å². The predicted molar refractivity (Wildman–Crippen MR) is 65.0 cm³/mol. The zero-order valence-corrected chi connectivity index (χ0v) is 11.8. The minimum absolute atomic E-state index is 0.158. The van der Waals surface area contributed by atoms with E-state index in [1.807, 2.05) is 0 Å². The molecule has 18 heavy (non-hydrogen) atoms. The van der Waals surface area contributed by atoms with E-state index in [2.05, 4.69) is 0 Å². The van der Waals surface area contributed by atoms with Crippen LogP contribution in [0.25, 0.3) is 0 Å². The monoisotopic (exact) mass is 295 g/mol. The van der Waals surface area contributed by atoms with E-state index in [-0.39, 0.29) is 11.4 Å². The molecule has 0 aliphatic heterocycles. The maximum atomic E-state index is 13.5. The Hall–Kier alpha value is -0.990. The number of benzene rings is 1. The maximum absolute atomic E-state index is 13.5. The molecular formula is C10H14FNO4S2. The number of sulfonamides is 1. The Balaban J connectivity index is 3.52. The summed E-state index contributed by atoms with van der Waals surface area (Å²) in [4.78, 5) is -0.859. The van der Waals surface area contributed by atoms with E-state index in [9.17, 15) is 21.2 Å². The van der Waals surface area contributed by atoms with E-state index in [1.165, 1.54) is 7.05 Å². The second kappa shape index (κ2) is 4.94. The Morgan fingerprint density at radius 2 is 1.78 bits per heavy atom. The Morgan fingerprint density at radius 1 is 1.22 bits per heavy atom. The van der Waals surface area contributed by atoms with Crippen LogP contribution in [0, 0.1) is 5.82 Å². The van der Waals surface area contributed by atoms with Crippen molar-refractivity contribution < 1.29 is 21.2 Å². The minimum atomic E-state index is -4.01. The highest BCUT2D eigenvalue weighted by Gasteiger charge is 2.25. The Bertz CT molecular complexity index is 652. The lowest BCUT2D eigenvalue weighted by atomic mass is 10.3. The highest BCUT2D eigenvalue weighted by molar-refractivity contribution is 7.91. The van der Waals surface area contributed by atoms with Crippen molar-refractivity contribution in [3.05, 3.63) is 24.0 Å². The van der Waals surface area contributed by atoms with Crippen molar-refractivity contribution in [3.8, 4) is 0 Å². The van der Waals surface area contributed by atoms with Crippen molar-refractivity contribution >= 4 is 19.9 Å². The summed E-state index contributed by atoms with van der Waals surface area (Å²) in [5.74, 6) is -0.970. The van der Waals surface area contributed by atoms with E-state index in [1.54, 1.807) is 6.92 Å². The van der Waals surface area contributed by atoms with Gasteiger partial charge in [-0.2, -0.15) is 0 Å². The molecule has 5 nitrogen and oxygen atoms in total. The molecule has 0 N–H and O–H groups in total. The summed E-state index contributed by atoms with van der Waals surface area (Å²) in [6.45, 7) is 1.75. The molecule has 0 atom stereocenters. The summed E-state index contributed by atoms with van der Waals surface area (Å²) in [5.41, 5.74) is 0. The third-order valence-corrected chi connectivity index (χ3v) is 5.52. The number of hydrogen-bond donors (Lipinski definition) is 0. The number of sulfone groups is 1. The zero-order valence-electron chi connectivity index (χ0n) is 10.2. The molecule has 0 spiro atoms. The summed E-state index contributed by atoms with van der Waals surface area (Å²) in [6.07, 6.45) is 0.931. The first-order valence-electron chi connectivity index (χ1n) is 5.06. The summed E-state index contributed by atoms with van der Waals surface area (Å²) in [6, 6.07) is 2.72. The molecule has 0 fully saturated rings. The third kappa shape index (κ3) is 2.88. The molecule has 0 amide bonds. The molecule has 0 bridgehead atoms. The summed E-state index contributed by atoms with van der Waals surface area (Å²) in [7, 11) is -6.30. The van der Waals surface area contributed by atoms with E-state index >= 15 is 0 Å². The van der Waals surface area contributed by atoms with Crippen LogP contribution < -0.4 is 0 Å². The van der Waals surface area contributed by atoms with Gasteiger partial charge < -0.3 is 0 Å². The van der Waals surface area contributed by atoms with Gasteiger partial charge in [-0.1, -0.05) is 6.92 Å². The summed E-state index contributed by atoms with van der Waals surface area (Å²) < 4.78 is 61.1. The van der Waals surface area contributed by atoms with Crippen molar-refractivity contribution in [2.75, 3.05) is 19.8 Å². The lowest BCUT2D eigenvalue weighted by molar-refractivity contribution is 0.477. The highest BCUT2D eigenvalue weighted by Crippen LogP contribution is 2.22. The van der Waals surface area contributed by atoms with Crippen molar-refractivity contribution in [1.82, 2.24) is 4.31 Å². The molecule has 0 radical (unpaired) electrons. The molecule has 1 aromatic carbocycles. The van der Waals surface area contributed by atoms with Gasteiger partial charge in [0.1, 0.15) is 10.7 Å². The van der Waals surface area contributed by atoms with Gasteiger partial charge in [-0.3, -0.25) is 0 Å². The molecule has 0 saturated carbocycles. The van der Waals surface area contributed by atoms with Crippen molar-refractivity contribution in [2.45, 2.75) is 16.7 Å². The van der Waals surface area contributed by atoms with Crippen LogP contribution in [0.5, 0.6) is 0 Å². The van der Waals surface area contributed by atoms with Crippen LogP contribution in [0.15, 0.2) is 28.0 Å². The summed E-state index contributed by atoms with van der Waals surface area (Å²) in [5, 5.41) is 0. The van der Waals surface area contributed by atoms with Crippen LogP contribution in [-0.4, -0.2) is 41.0 Å². The average molecular weight is 295 g/mol. The quantitative estimate of drug-likeness (QED) is 0.773. The summed E-state index contributed by atoms with van der Waals surface area (Å²) >= 11 is 0. The van der Waals surface area contributed by atoms with Gasteiger partial charge in [0.15, 0.2) is 9.84 Å². The van der Waals surface area contributed by atoms with Crippen LogP contribution in [0.4, 0.5) is 4.39 Å². The van der Waals surface area contributed by atoms with Gasteiger partial charge in [0.05, 0.1) is 4.90 Å². The molecule has 0 aromatic heterocycles. The number of hydrogen-bond acceptors (Lipinski definition) is 4. The maximum Gasteiger partial charge on any atom is 0.245 e. The van der Waals surface area contributed by atoms with Crippen LogP contribution in [0.1, 0.15) is 6.92 Å². The molecular weight excluding hydrogens is 281 g/mol. The van der Waals surface area contributed by atoms with Gasteiger partial charge in [0.2, 0.25) is 10.0 Å². The lowest BCUT2D eigenvalue weighted by Gasteiger charge is -2.15.